The van der Waals surface area contributed by atoms with E-state index in [4.69, 9.17) is 0 Å². The van der Waals surface area contributed by atoms with Crippen molar-refractivity contribution in [3.63, 3.8) is 0 Å². The molecule has 1 atom stereocenters. The van der Waals surface area contributed by atoms with Crippen LogP contribution >= 0.6 is 11.3 Å². The number of aromatic nitrogens is 3. The number of nitrogens with zero attached hydrogens (tertiary/aromatic N) is 2. The topological polar surface area (TPSA) is 53.6 Å². The Kier molecular flexibility index (Phi) is 3.69. The summed E-state index contributed by atoms with van der Waals surface area (Å²) in [6, 6.07) is 0. The van der Waals surface area contributed by atoms with Crippen LogP contribution in [0.2, 0.25) is 0 Å². The third-order valence-electron chi connectivity index (χ3n) is 2.55. The number of hydrogen-bond acceptors (Lipinski definition) is 4. The highest BCUT2D eigenvalue weighted by Crippen LogP contribution is 2.16. The molecule has 16 heavy (non-hydrogen) atoms. The number of hydrogen-bond donors (Lipinski definition) is 2. The lowest BCUT2D eigenvalue weighted by atomic mass is 10.2. The monoisotopic (exact) mass is 236 g/mol. The van der Waals surface area contributed by atoms with Crippen LogP contribution in [-0.4, -0.2) is 21.5 Å². The lowest BCUT2D eigenvalue weighted by molar-refractivity contribution is 0.606. The molecule has 0 aliphatic rings. The lowest BCUT2D eigenvalue weighted by Crippen LogP contribution is -2.20. The van der Waals surface area contributed by atoms with Gasteiger partial charge in [0, 0.05) is 36.3 Å². The van der Waals surface area contributed by atoms with Gasteiger partial charge in [-0.05, 0) is 6.92 Å². The number of imidazole rings is 1. The molecule has 0 saturated heterocycles. The Morgan fingerprint density at radius 2 is 2.38 bits per heavy atom. The highest BCUT2D eigenvalue weighted by molar-refractivity contribution is 7.09. The van der Waals surface area contributed by atoms with Gasteiger partial charge in [-0.1, -0.05) is 6.92 Å². The Labute approximate surface area is 99.2 Å². The van der Waals surface area contributed by atoms with E-state index in [1.54, 1.807) is 17.7 Å². The van der Waals surface area contributed by atoms with Crippen LogP contribution in [0.5, 0.6) is 0 Å². The maximum absolute atomic E-state index is 4.31. The van der Waals surface area contributed by atoms with Crippen molar-refractivity contribution in [3.8, 4) is 0 Å². The highest BCUT2D eigenvalue weighted by Gasteiger charge is 2.08. The van der Waals surface area contributed by atoms with Crippen LogP contribution in [0, 0.1) is 6.92 Å². The van der Waals surface area contributed by atoms with Gasteiger partial charge in [-0.15, -0.1) is 11.3 Å². The van der Waals surface area contributed by atoms with Crippen molar-refractivity contribution < 1.29 is 0 Å². The lowest BCUT2D eigenvalue weighted by Gasteiger charge is -2.09. The van der Waals surface area contributed by atoms with E-state index in [0.717, 1.165) is 24.5 Å². The molecule has 0 fully saturated rings. The second-order valence-corrected chi connectivity index (χ2v) is 4.80. The average molecular weight is 236 g/mol. The molecule has 2 aromatic rings. The van der Waals surface area contributed by atoms with E-state index in [1.165, 1.54) is 5.01 Å². The van der Waals surface area contributed by atoms with Crippen molar-refractivity contribution in [1.29, 1.82) is 0 Å². The normalized spacial score (nSPS) is 12.9. The highest BCUT2D eigenvalue weighted by atomic mass is 32.1. The van der Waals surface area contributed by atoms with Gasteiger partial charge in [0.15, 0.2) is 0 Å². The van der Waals surface area contributed by atoms with Gasteiger partial charge in [0.25, 0.3) is 0 Å². The van der Waals surface area contributed by atoms with Crippen LogP contribution in [0.15, 0.2) is 17.9 Å². The van der Waals surface area contributed by atoms with Gasteiger partial charge < -0.3 is 10.3 Å². The first-order chi connectivity index (χ1) is 7.77. The van der Waals surface area contributed by atoms with Gasteiger partial charge in [0.1, 0.15) is 0 Å². The number of aryl methyl sites for hydroxylation is 1. The maximum Gasteiger partial charge on any atom is 0.0965 e. The first-order valence-corrected chi connectivity index (χ1v) is 6.24. The Morgan fingerprint density at radius 3 is 3.00 bits per heavy atom. The second kappa shape index (κ2) is 5.23. The molecule has 1 unspecified atom stereocenters. The van der Waals surface area contributed by atoms with E-state index in [2.05, 4.69) is 27.2 Å². The van der Waals surface area contributed by atoms with Gasteiger partial charge in [-0.25, -0.2) is 9.97 Å². The van der Waals surface area contributed by atoms with Crippen molar-refractivity contribution in [2.45, 2.75) is 26.3 Å². The summed E-state index contributed by atoms with van der Waals surface area (Å²) < 4.78 is 0. The van der Waals surface area contributed by atoms with Crippen LogP contribution in [-0.2, 0) is 6.54 Å². The van der Waals surface area contributed by atoms with Gasteiger partial charge in [0.05, 0.1) is 17.0 Å². The summed E-state index contributed by atoms with van der Waals surface area (Å²) in [5.41, 5.74) is 2.22. The summed E-state index contributed by atoms with van der Waals surface area (Å²) in [7, 11) is 0. The fraction of sp³-hybridized carbons (Fsp3) is 0.455. The fourth-order valence-electron chi connectivity index (χ4n) is 1.54. The Balaban J connectivity index is 1.78. The molecule has 0 aromatic carbocycles. The summed E-state index contributed by atoms with van der Waals surface area (Å²) in [5, 5.41) is 6.60. The zero-order valence-electron chi connectivity index (χ0n) is 9.53. The van der Waals surface area contributed by atoms with Crippen molar-refractivity contribution in [2.75, 3.05) is 6.54 Å². The molecule has 2 heterocycles. The minimum atomic E-state index is 0.458. The molecule has 0 aliphatic carbocycles. The Hall–Kier alpha value is -1.20. The molecule has 2 rings (SSSR count). The average Bonchev–Trinajstić information content (AvgIpc) is 2.90. The van der Waals surface area contributed by atoms with Crippen LogP contribution in [0.25, 0.3) is 0 Å². The predicted molar refractivity (Wildman–Crippen MR) is 65.6 cm³/mol. The standard InChI is InChI=1S/C11H16N4S/c1-8(11-13-3-4-16-11)5-12-6-10-9(2)14-7-15-10/h3-4,7-8,12H,5-6H2,1-2H3,(H,14,15). The van der Waals surface area contributed by atoms with E-state index in [9.17, 15) is 0 Å². The van der Waals surface area contributed by atoms with Crippen molar-refractivity contribution in [3.05, 3.63) is 34.3 Å². The molecule has 4 nitrogen and oxygen atoms in total. The third-order valence-corrected chi connectivity index (χ3v) is 3.56. The quantitative estimate of drug-likeness (QED) is 0.835. The van der Waals surface area contributed by atoms with Crippen LogP contribution in [0.3, 0.4) is 0 Å². The zero-order valence-corrected chi connectivity index (χ0v) is 10.3. The van der Waals surface area contributed by atoms with Crippen molar-refractivity contribution >= 4 is 11.3 Å². The van der Waals surface area contributed by atoms with Crippen molar-refractivity contribution in [2.24, 2.45) is 0 Å². The molecule has 0 radical (unpaired) electrons. The summed E-state index contributed by atoms with van der Waals surface area (Å²) in [6.07, 6.45) is 3.59. The minimum absolute atomic E-state index is 0.458. The largest absolute Gasteiger partial charge is 0.348 e. The number of H-pyrrole nitrogens is 1. The molecule has 0 bridgehead atoms. The number of aromatic amines is 1. The summed E-state index contributed by atoms with van der Waals surface area (Å²) in [6.45, 7) is 5.96. The van der Waals surface area contributed by atoms with E-state index in [1.807, 2.05) is 18.5 Å². The van der Waals surface area contributed by atoms with E-state index < -0.39 is 0 Å². The predicted octanol–water partition coefficient (Wildman–Crippen LogP) is 2.07. The zero-order chi connectivity index (χ0) is 11.4. The Morgan fingerprint density at radius 1 is 1.50 bits per heavy atom. The molecule has 2 N–H and O–H groups in total. The van der Waals surface area contributed by atoms with E-state index in [0.29, 0.717) is 5.92 Å². The van der Waals surface area contributed by atoms with Crippen LogP contribution < -0.4 is 5.32 Å². The van der Waals surface area contributed by atoms with E-state index in [-0.39, 0.29) is 0 Å². The summed E-state index contributed by atoms with van der Waals surface area (Å²) >= 11 is 1.71. The molecule has 0 aliphatic heterocycles. The third kappa shape index (κ3) is 2.68. The summed E-state index contributed by atoms with van der Waals surface area (Å²) in [4.78, 5) is 11.6. The Bertz CT molecular complexity index is 421. The van der Waals surface area contributed by atoms with E-state index >= 15 is 0 Å². The fourth-order valence-corrected chi connectivity index (χ4v) is 2.24. The molecule has 0 saturated carbocycles. The molecule has 0 amide bonds. The van der Waals surface area contributed by atoms with Gasteiger partial charge >= 0.3 is 0 Å². The molecule has 0 spiro atoms. The smallest absolute Gasteiger partial charge is 0.0965 e. The number of nitrogens with one attached hydrogen (secondary N) is 2. The number of rotatable bonds is 5. The van der Waals surface area contributed by atoms with Gasteiger partial charge in [-0.3, -0.25) is 0 Å². The second-order valence-electron chi connectivity index (χ2n) is 3.88. The molecule has 86 valence electrons. The van der Waals surface area contributed by atoms with Gasteiger partial charge in [-0.2, -0.15) is 0 Å². The first-order valence-electron chi connectivity index (χ1n) is 5.36. The maximum atomic E-state index is 4.31. The minimum Gasteiger partial charge on any atom is -0.348 e. The van der Waals surface area contributed by atoms with Gasteiger partial charge in [0.2, 0.25) is 0 Å². The first kappa shape index (κ1) is 11.3. The molecular formula is C11H16N4S. The molecule has 2 aromatic heterocycles. The van der Waals surface area contributed by atoms with Crippen molar-refractivity contribution in [1.82, 2.24) is 20.3 Å². The van der Waals surface area contributed by atoms with Crippen LogP contribution in [0.1, 0.15) is 29.2 Å². The van der Waals surface area contributed by atoms with Crippen LogP contribution in [0.4, 0.5) is 0 Å². The number of thiazole rings is 1. The molecule has 5 heteroatoms. The summed E-state index contributed by atoms with van der Waals surface area (Å²) in [5.74, 6) is 0.458. The SMILES string of the molecule is Cc1[nH]cnc1CNCC(C)c1nccs1. The molecular weight excluding hydrogens is 220 g/mol.